The van der Waals surface area contributed by atoms with Crippen LogP contribution in [0, 0.1) is 5.92 Å². The first-order valence-corrected chi connectivity index (χ1v) is 13.4. The first-order chi connectivity index (χ1) is 17.0. The molecule has 1 saturated carbocycles. The second-order valence-corrected chi connectivity index (χ2v) is 10.6. The van der Waals surface area contributed by atoms with Gasteiger partial charge in [-0.05, 0) is 53.2 Å². The smallest absolute Gasteiger partial charge is 0.407 e. The average Bonchev–Trinajstić information content (AvgIpc) is 3.67. The number of ether oxygens (including phenoxy) is 1. The Morgan fingerprint density at radius 3 is 2.34 bits per heavy atom. The first-order valence-electron chi connectivity index (χ1n) is 12.2. The van der Waals surface area contributed by atoms with Crippen LogP contribution >= 0.6 is 11.8 Å². The van der Waals surface area contributed by atoms with Crippen molar-refractivity contribution in [2.75, 3.05) is 24.7 Å². The number of rotatable bonds is 7. The summed E-state index contributed by atoms with van der Waals surface area (Å²) in [5.41, 5.74) is 4.44. The summed E-state index contributed by atoms with van der Waals surface area (Å²) in [4.78, 5) is 39.6. The van der Waals surface area contributed by atoms with Gasteiger partial charge in [-0.3, -0.25) is 9.59 Å². The van der Waals surface area contributed by atoms with Crippen molar-refractivity contribution in [1.82, 2.24) is 10.2 Å². The molecule has 2 fully saturated rings. The Labute approximate surface area is 209 Å². The molecule has 5 rings (SSSR count). The molecule has 1 saturated heterocycles. The number of thioether (sulfide) groups is 1. The predicted octanol–water partition coefficient (Wildman–Crippen LogP) is 4.11. The van der Waals surface area contributed by atoms with E-state index in [1.165, 1.54) is 0 Å². The number of alkyl carbamates (subject to hydrolysis) is 1. The second kappa shape index (κ2) is 10.3. The van der Waals surface area contributed by atoms with Crippen molar-refractivity contribution in [2.45, 2.75) is 43.7 Å². The molecule has 35 heavy (non-hydrogen) atoms. The fraction of sp³-hybridized carbons (Fsp3) is 0.444. The summed E-state index contributed by atoms with van der Waals surface area (Å²) in [6, 6.07) is 15.1. The molecule has 2 aromatic carbocycles. The summed E-state index contributed by atoms with van der Waals surface area (Å²) in [6.07, 6.45) is 1.82. The van der Waals surface area contributed by atoms with Crippen LogP contribution in [0.1, 0.15) is 42.7 Å². The SMILES string of the molecule is O=C(O)CC(NC(=O)OCC1c2ccccc2-c2ccccc21)C(=O)N1CCCSCC1C1CC1. The highest BCUT2D eigenvalue weighted by atomic mass is 32.2. The molecule has 0 radical (unpaired) electrons. The zero-order valence-electron chi connectivity index (χ0n) is 19.5. The zero-order valence-corrected chi connectivity index (χ0v) is 20.3. The van der Waals surface area contributed by atoms with Gasteiger partial charge in [0.05, 0.1) is 6.42 Å². The van der Waals surface area contributed by atoms with Gasteiger partial charge in [0.15, 0.2) is 0 Å². The lowest BCUT2D eigenvalue weighted by molar-refractivity contribution is -0.143. The van der Waals surface area contributed by atoms with Gasteiger partial charge in [-0.25, -0.2) is 4.79 Å². The minimum Gasteiger partial charge on any atom is -0.481 e. The third kappa shape index (κ3) is 5.17. The number of fused-ring (bicyclic) bond motifs is 3. The van der Waals surface area contributed by atoms with E-state index in [0.29, 0.717) is 12.5 Å². The zero-order chi connectivity index (χ0) is 24.4. The number of hydrogen-bond donors (Lipinski definition) is 2. The first kappa shape index (κ1) is 23.7. The Kier molecular flexibility index (Phi) is 7.00. The van der Waals surface area contributed by atoms with Gasteiger partial charge >= 0.3 is 12.1 Å². The second-order valence-electron chi connectivity index (χ2n) is 9.49. The average molecular weight is 495 g/mol. The monoisotopic (exact) mass is 494 g/mol. The van der Waals surface area contributed by atoms with Crippen LogP contribution in [0.15, 0.2) is 48.5 Å². The van der Waals surface area contributed by atoms with E-state index in [1.54, 1.807) is 0 Å². The van der Waals surface area contributed by atoms with Gasteiger partial charge in [0.25, 0.3) is 0 Å². The highest BCUT2D eigenvalue weighted by molar-refractivity contribution is 7.99. The van der Waals surface area contributed by atoms with Gasteiger partial charge < -0.3 is 20.1 Å². The van der Waals surface area contributed by atoms with Crippen molar-refractivity contribution in [3.8, 4) is 11.1 Å². The highest BCUT2D eigenvalue weighted by Gasteiger charge is 2.41. The van der Waals surface area contributed by atoms with Crippen LogP contribution in [0.25, 0.3) is 11.1 Å². The van der Waals surface area contributed by atoms with Gasteiger partial charge in [-0.2, -0.15) is 11.8 Å². The molecule has 8 heteroatoms. The third-order valence-electron chi connectivity index (χ3n) is 7.14. The number of nitrogens with one attached hydrogen (secondary N) is 1. The number of benzene rings is 2. The van der Waals surface area contributed by atoms with Gasteiger partial charge in [0.2, 0.25) is 5.91 Å². The van der Waals surface area contributed by atoms with Crippen molar-refractivity contribution < 1.29 is 24.2 Å². The van der Waals surface area contributed by atoms with Crippen molar-refractivity contribution in [3.05, 3.63) is 59.7 Å². The maximum Gasteiger partial charge on any atom is 0.407 e. The van der Waals surface area contributed by atoms with Crippen molar-refractivity contribution in [2.24, 2.45) is 5.92 Å². The number of hydrogen-bond acceptors (Lipinski definition) is 5. The normalized spacial score (nSPS) is 20.3. The van der Waals surface area contributed by atoms with Crippen LogP contribution in [-0.4, -0.2) is 64.7 Å². The molecule has 2 N–H and O–H groups in total. The molecule has 1 aliphatic heterocycles. The van der Waals surface area contributed by atoms with Gasteiger partial charge in [0, 0.05) is 24.3 Å². The Balaban J connectivity index is 1.27. The molecule has 2 aromatic rings. The number of carbonyl (C=O) groups excluding carboxylic acids is 2. The number of carboxylic acids is 1. The van der Waals surface area contributed by atoms with E-state index in [2.05, 4.69) is 17.4 Å². The molecule has 1 heterocycles. The summed E-state index contributed by atoms with van der Waals surface area (Å²) < 4.78 is 5.58. The van der Waals surface area contributed by atoms with Crippen LogP contribution in [0.2, 0.25) is 0 Å². The van der Waals surface area contributed by atoms with Crippen LogP contribution in [0.5, 0.6) is 0 Å². The van der Waals surface area contributed by atoms with E-state index in [0.717, 1.165) is 53.0 Å². The lowest BCUT2D eigenvalue weighted by Crippen LogP contribution is -2.53. The topological polar surface area (TPSA) is 95.9 Å². The van der Waals surface area contributed by atoms with Gasteiger partial charge in [0.1, 0.15) is 12.6 Å². The fourth-order valence-electron chi connectivity index (χ4n) is 5.30. The molecule has 3 aliphatic rings. The molecular formula is C27H30N2O5S. The fourth-order valence-corrected chi connectivity index (χ4v) is 6.49. The molecule has 0 spiro atoms. The Bertz CT molecular complexity index is 1070. The quantitative estimate of drug-likeness (QED) is 0.601. The third-order valence-corrected chi connectivity index (χ3v) is 8.29. The number of aliphatic carboxylic acids is 1. The Morgan fingerprint density at radius 1 is 1.06 bits per heavy atom. The molecular weight excluding hydrogens is 464 g/mol. The maximum atomic E-state index is 13.4. The van der Waals surface area contributed by atoms with E-state index in [9.17, 15) is 19.5 Å². The summed E-state index contributed by atoms with van der Waals surface area (Å²) in [6.45, 7) is 0.703. The van der Waals surface area contributed by atoms with Crippen molar-refractivity contribution in [3.63, 3.8) is 0 Å². The molecule has 2 unspecified atom stereocenters. The van der Waals surface area contributed by atoms with E-state index in [-0.39, 0.29) is 24.5 Å². The largest absolute Gasteiger partial charge is 0.481 e. The van der Waals surface area contributed by atoms with Crippen molar-refractivity contribution >= 4 is 29.7 Å². The summed E-state index contributed by atoms with van der Waals surface area (Å²) in [7, 11) is 0. The Hall–Kier alpha value is -3.00. The molecule has 2 aliphatic carbocycles. The van der Waals surface area contributed by atoms with E-state index in [4.69, 9.17) is 4.74 Å². The number of nitrogens with zero attached hydrogens (tertiary/aromatic N) is 1. The standard InChI is InChI=1S/C27H30N2O5S/c30-25(31)14-23(26(32)29-12-5-13-35-16-24(29)17-10-11-17)28-27(33)34-15-22-20-8-3-1-6-18(20)19-7-2-4-9-21(19)22/h1-4,6-9,17,22-24H,5,10-16H2,(H,28,33)(H,30,31). The number of amides is 2. The van der Waals surface area contributed by atoms with Gasteiger partial charge in [-0.1, -0.05) is 48.5 Å². The van der Waals surface area contributed by atoms with Crippen LogP contribution < -0.4 is 5.32 Å². The molecule has 0 bridgehead atoms. The minimum atomic E-state index is -1.15. The van der Waals surface area contributed by atoms with Crippen LogP contribution in [0.4, 0.5) is 4.79 Å². The van der Waals surface area contributed by atoms with Crippen LogP contribution in [-0.2, 0) is 14.3 Å². The highest BCUT2D eigenvalue weighted by Crippen LogP contribution is 2.44. The van der Waals surface area contributed by atoms with Crippen molar-refractivity contribution in [1.29, 1.82) is 0 Å². The minimum absolute atomic E-state index is 0.107. The lowest BCUT2D eigenvalue weighted by atomic mass is 9.98. The van der Waals surface area contributed by atoms with E-state index >= 15 is 0 Å². The summed E-state index contributed by atoms with van der Waals surface area (Å²) in [5.74, 6) is 0.764. The Morgan fingerprint density at radius 2 is 1.71 bits per heavy atom. The maximum absolute atomic E-state index is 13.4. The predicted molar refractivity (Wildman–Crippen MR) is 134 cm³/mol. The van der Waals surface area contributed by atoms with E-state index < -0.39 is 24.5 Å². The molecule has 0 aromatic heterocycles. The molecule has 2 amide bonds. The summed E-state index contributed by atoms with van der Waals surface area (Å²) >= 11 is 1.84. The molecule has 2 atom stereocenters. The number of carboxylic acid groups (broad SMARTS) is 1. The van der Waals surface area contributed by atoms with E-state index in [1.807, 2.05) is 53.1 Å². The molecule has 184 valence electrons. The van der Waals surface area contributed by atoms with Crippen LogP contribution in [0.3, 0.4) is 0 Å². The molecule has 7 nitrogen and oxygen atoms in total. The lowest BCUT2D eigenvalue weighted by Gasteiger charge is -2.33. The number of carbonyl (C=O) groups is 3. The summed E-state index contributed by atoms with van der Waals surface area (Å²) in [5, 5.41) is 12.0. The van der Waals surface area contributed by atoms with Gasteiger partial charge in [-0.15, -0.1) is 0 Å².